The average Bonchev–Trinajstić information content (AvgIpc) is 3.42. The minimum atomic E-state index is -0.390. The van der Waals surface area contributed by atoms with Crippen LogP contribution in [-0.2, 0) is 19.1 Å². The molecular formula is C24H27N3O5. The van der Waals surface area contributed by atoms with E-state index in [1.165, 1.54) is 0 Å². The Balaban J connectivity index is 1.25. The van der Waals surface area contributed by atoms with Crippen molar-refractivity contribution < 1.29 is 23.8 Å². The number of amidine groups is 1. The summed E-state index contributed by atoms with van der Waals surface area (Å²) in [7, 11) is 0. The van der Waals surface area contributed by atoms with Crippen molar-refractivity contribution >= 4 is 17.7 Å². The molecular weight excluding hydrogens is 410 g/mol. The zero-order valence-electron chi connectivity index (χ0n) is 17.7. The highest BCUT2D eigenvalue weighted by atomic mass is 16.6. The minimum absolute atomic E-state index is 0.0434. The fourth-order valence-electron chi connectivity index (χ4n) is 3.94. The third kappa shape index (κ3) is 5.45. The second-order valence-electron chi connectivity index (χ2n) is 8.14. The van der Waals surface area contributed by atoms with Gasteiger partial charge in [0.2, 0.25) is 5.91 Å². The number of carbonyl (C=O) groups is 2. The second kappa shape index (κ2) is 9.82. The van der Waals surface area contributed by atoms with Crippen LogP contribution in [0, 0.1) is 11.3 Å². The highest BCUT2D eigenvalue weighted by Crippen LogP contribution is 2.25. The third-order valence-electron chi connectivity index (χ3n) is 5.72. The monoisotopic (exact) mass is 437 g/mol. The maximum Gasteiger partial charge on any atom is 0.306 e. The van der Waals surface area contributed by atoms with E-state index in [-0.39, 0.29) is 36.3 Å². The number of carbonyl (C=O) groups excluding carboxylic acids is 2. The predicted octanol–water partition coefficient (Wildman–Crippen LogP) is 2.24. The standard InChI is InChI=1S/C24H27N3O5/c25-23(26)17-3-1-15(2-4-17)16-5-7-20(8-6-16)31-13-19-11-18(24(29)27-19)12-22(28)32-21-9-10-30-14-21/h1-8,18-19,21H,9-14H2,(H3,25,26)(H,27,29)/t18-,19-,21?/m0/s1. The van der Waals surface area contributed by atoms with E-state index in [0.717, 1.165) is 11.1 Å². The Morgan fingerprint density at radius 3 is 2.44 bits per heavy atom. The summed E-state index contributed by atoms with van der Waals surface area (Å²) >= 11 is 0. The van der Waals surface area contributed by atoms with Crippen LogP contribution >= 0.6 is 0 Å². The maximum absolute atomic E-state index is 12.2. The van der Waals surface area contributed by atoms with Crippen LogP contribution in [0.1, 0.15) is 24.8 Å². The molecule has 2 aromatic rings. The van der Waals surface area contributed by atoms with Crippen molar-refractivity contribution in [3.8, 4) is 16.9 Å². The molecule has 1 amide bonds. The van der Waals surface area contributed by atoms with Gasteiger partial charge < -0.3 is 25.3 Å². The van der Waals surface area contributed by atoms with E-state index in [2.05, 4.69) is 5.32 Å². The van der Waals surface area contributed by atoms with Gasteiger partial charge in [-0.15, -0.1) is 0 Å². The number of nitrogens with two attached hydrogens (primary N) is 1. The van der Waals surface area contributed by atoms with Gasteiger partial charge in [-0.2, -0.15) is 0 Å². The van der Waals surface area contributed by atoms with Crippen LogP contribution in [0.4, 0.5) is 0 Å². The molecule has 8 nitrogen and oxygen atoms in total. The molecule has 2 heterocycles. The minimum Gasteiger partial charge on any atom is -0.491 e. The largest absolute Gasteiger partial charge is 0.491 e. The first-order valence-electron chi connectivity index (χ1n) is 10.7. The van der Waals surface area contributed by atoms with E-state index in [9.17, 15) is 9.59 Å². The molecule has 0 saturated carbocycles. The summed E-state index contributed by atoms with van der Waals surface area (Å²) in [6.45, 7) is 1.37. The van der Waals surface area contributed by atoms with Crippen LogP contribution in [0.3, 0.4) is 0 Å². The summed E-state index contributed by atoms with van der Waals surface area (Å²) in [5.74, 6) is -0.134. The molecule has 2 saturated heterocycles. The van der Waals surface area contributed by atoms with Crippen molar-refractivity contribution in [3.63, 3.8) is 0 Å². The summed E-state index contributed by atoms with van der Waals surface area (Å²) in [4.78, 5) is 24.3. The van der Waals surface area contributed by atoms with Gasteiger partial charge >= 0.3 is 5.97 Å². The third-order valence-corrected chi connectivity index (χ3v) is 5.72. The molecule has 2 fully saturated rings. The second-order valence-corrected chi connectivity index (χ2v) is 8.14. The van der Waals surface area contributed by atoms with Crippen LogP contribution in [-0.4, -0.2) is 49.7 Å². The van der Waals surface area contributed by atoms with Crippen LogP contribution in [0.5, 0.6) is 5.75 Å². The van der Waals surface area contributed by atoms with Crippen molar-refractivity contribution in [1.82, 2.24) is 5.32 Å². The number of rotatable bonds is 8. The smallest absolute Gasteiger partial charge is 0.306 e. The molecule has 168 valence electrons. The van der Waals surface area contributed by atoms with E-state index in [0.29, 0.717) is 44.0 Å². The van der Waals surface area contributed by atoms with Crippen LogP contribution in [0.2, 0.25) is 0 Å². The van der Waals surface area contributed by atoms with E-state index in [4.69, 9.17) is 25.4 Å². The summed E-state index contributed by atoms with van der Waals surface area (Å²) in [5, 5.41) is 10.4. The molecule has 0 radical (unpaired) electrons. The van der Waals surface area contributed by atoms with E-state index >= 15 is 0 Å². The first-order chi connectivity index (χ1) is 15.5. The van der Waals surface area contributed by atoms with Crippen LogP contribution in [0.25, 0.3) is 11.1 Å². The average molecular weight is 437 g/mol. The lowest BCUT2D eigenvalue weighted by Crippen LogP contribution is -2.31. The Morgan fingerprint density at radius 2 is 1.81 bits per heavy atom. The predicted molar refractivity (Wildman–Crippen MR) is 118 cm³/mol. The fraction of sp³-hybridized carbons (Fsp3) is 0.375. The Morgan fingerprint density at radius 1 is 1.12 bits per heavy atom. The van der Waals surface area contributed by atoms with Crippen molar-refractivity contribution in [2.75, 3.05) is 19.8 Å². The quantitative estimate of drug-likeness (QED) is 0.331. The Kier molecular flexibility index (Phi) is 6.70. The number of nitrogens with one attached hydrogen (secondary N) is 2. The first kappa shape index (κ1) is 21.8. The molecule has 2 aromatic carbocycles. The topological polar surface area (TPSA) is 124 Å². The van der Waals surface area contributed by atoms with Gasteiger partial charge in [-0.1, -0.05) is 36.4 Å². The number of ether oxygens (including phenoxy) is 3. The number of benzene rings is 2. The molecule has 0 spiro atoms. The summed E-state index contributed by atoms with van der Waals surface area (Å²) < 4.78 is 16.4. The van der Waals surface area contributed by atoms with Crippen molar-refractivity contribution in [1.29, 1.82) is 5.41 Å². The maximum atomic E-state index is 12.2. The summed E-state index contributed by atoms with van der Waals surface area (Å²) in [6, 6.07) is 15.0. The van der Waals surface area contributed by atoms with E-state index in [1.54, 1.807) is 0 Å². The Labute approximate surface area is 186 Å². The zero-order chi connectivity index (χ0) is 22.5. The molecule has 4 rings (SSSR count). The fourth-order valence-corrected chi connectivity index (χ4v) is 3.94. The molecule has 8 heteroatoms. The van der Waals surface area contributed by atoms with Crippen molar-refractivity contribution in [2.24, 2.45) is 11.7 Å². The van der Waals surface area contributed by atoms with E-state index < -0.39 is 5.92 Å². The highest BCUT2D eigenvalue weighted by molar-refractivity contribution is 5.95. The highest BCUT2D eigenvalue weighted by Gasteiger charge is 2.35. The Hall–Kier alpha value is -3.39. The first-order valence-corrected chi connectivity index (χ1v) is 10.7. The van der Waals surface area contributed by atoms with Crippen molar-refractivity contribution in [3.05, 3.63) is 54.1 Å². The molecule has 2 aliphatic rings. The van der Waals surface area contributed by atoms with Gasteiger partial charge in [-0.3, -0.25) is 15.0 Å². The van der Waals surface area contributed by atoms with E-state index in [1.807, 2.05) is 48.5 Å². The molecule has 32 heavy (non-hydrogen) atoms. The molecule has 4 N–H and O–H groups in total. The van der Waals surface area contributed by atoms with Gasteiger partial charge in [0.1, 0.15) is 24.3 Å². The lowest BCUT2D eigenvalue weighted by atomic mass is 10.0. The molecule has 0 bridgehead atoms. The normalized spacial score (nSPS) is 22.4. The molecule has 0 aliphatic carbocycles. The van der Waals surface area contributed by atoms with Crippen LogP contribution < -0.4 is 15.8 Å². The van der Waals surface area contributed by atoms with Gasteiger partial charge in [0.05, 0.1) is 31.6 Å². The molecule has 0 aromatic heterocycles. The van der Waals surface area contributed by atoms with Gasteiger partial charge in [-0.25, -0.2) is 0 Å². The van der Waals surface area contributed by atoms with Gasteiger partial charge in [0, 0.05) is 12.0 Å². The van der Waals surface area contributed by atoms with Crippen LogP contribution in [0.15, 0.2) is 48.5 Å². The van der Waals surface area contributed by atoms with Gasteiger partial charge in [0.25, 0.3) is 0 Å². The lowest BCUT2D eigenvalue weighted by molar-refractivity contribution is -0.151. The summed E-state index contributed by atoms with van der Waals surface area (Å²) in [6.07, 6.45) is 1.13. The number of amides is 1. The van der Waals surface area contributed by atoms with Gasteiger partial charge in [0.15, 0.2) is 0 Å². The molecule has 2 aliphatic heterocycles. The van der Waals surface area contributed by atoms with Gasteiger partial charge in [-0.05, 0) is 29.7 Å². The molecule has 1 unspecified atom stereocenters. The Bertz CT molecular complexity index is 968. The zero-order valence-corrected chi connectivity index (χ0v) is 17.7. The number of nitrogen functional groups attached to an aromatic ring is 1. The molecule has 3 atom stereocenters. The number of esters is 1. The number of hydrogen-bond acceptors (Lipinski definition) is 6. The van der Waals surface area contributed by atoms with Crippen molar-refractivity contribution in [2.45, 2.75) is 31.4 Å². The lowest BCUT2D eigenvalue weighted by Gasteiger charge is -2.13. The SMILES string of the molecule is N=C(N)c1ccc(-c2ccc(OC[C@@H]3C[C@@H](CC(=O)OC4CCOC4)C(=O)N3)cc2)cc1. The number of hydrogen-bond donors (Lipinski definition) is 3. The summed E-state index contributed by atoms with van der Waals surface area (Å²) in [5.41, 5.74) is 8.22.